The zero-order chi connectivity index (χ0) is 20.1. The Morgan fingerprint density at radius 3 is 2.64 bits per heavy atom. The Kier molecular flexibility index (Phi) is 6.41. The van der Waals surface area contributed by atoms with Gasteiger partial charge in [0.2, 0.25) is 0 Å². The van der Waals surface area contributed by atoms with Gasteiger partial charge in [0.05, 0.1) is 55.8 Å². The first kappa shape index (κ1) is 20.0. The summed E-state index contributed by atoms with van der Waals surface area (Å²) in [5.74, 6) is -0.0845. The van der Waals surface area contributed by atoms with Gasteiger partial charge in [-0.3, -0.25) is 0 Å². The zero-order valence-electron chi connectivity index (χ0n) is 16.5. The van der Waals surface area contributed by atoms with E-state index in [1.165, 1.54) is 4.90 Å². The van der Waals surface area contributed by atoms with Gasteiger partial charge in [0.25, 0.3) is 0 Å². The summed E-state index contributed by atoms with van der Waals surface area (Å²) in [4.78, 5) is 28.0. The van der Waals surface area contributed by atoms with E-state index in [0.717, 1.165) is 31.9 Å². The molecule has 4 N–H and O–H groups in total. The van der Waals surface area contributed by atoms with Gasteiger partial charge in [0.1, 0.15) is 12.3 Å². The van der Waals surface area contributed by atoms with Crippen LogP contribution < -0.4 is 20.4 Å². The van der Waals surface area contributed by atoms with E-state index >= 15 is 0 Å². The Morgan fingerprint density at radius 1 is 1.29 bits per heavy atom. The minimum Gasteiger partial charge on any atom is -0.506 e. The fourth-order valence-electron chi connectivity index (χ4n) is 3.82. The van der Waals surface area contributed by atoms with Gasteiger partial charge in [-0.1, -0.05) is 19.1 Å². The lowest BCUT2D eigenvalue weighted by Gasteiger charge is -2.35. The Bertz CT molecular complexity index is 756. The molecule has 1 saturated heterocycles. The number of nitrogens with one attached hydrogen (secondary N) is 3. The van der Waals surface area contributed by atoms with Crippen molar-refractivity contribution in [1.82, 2.24) is 10.6 Å². The number of hydrogen-bond donors (Lipinski definition) is 4. The maximum Gasteiger partial charge on any atom is 0.338 e. The number of urea groups is 1. The number of amides is 2. The normalized spacial score (nSPS) is 20.6. The Balaban J connectivity index is 1.71. The maximum atomic E-state index is 12.5. The van der Waals surface area contributed by atoms with Gasteiger partial charge in [-0.15, -0.1) is 0 Å². The summed E-state index contributed by atoms with van der Waals surface area (Å²) in [6, 6.07) is 6.74. The SMILES string of the molecule is CCOC(=O)C1=C(C[NH+]2CCN(c3ccccc3O)CC2)NC(=O)N[C@@H]1CC. The number of aromatic hydroxyl groups is 1. The van der Waals surface area contributed by atoms with Gasteiger partial charge in [-0.05, 0) is 25.5 Å². The number of ether oxygens (including phenoxy) is 1. The van der Waals surface area contributed by atoms with Crippen LogP contribution in [0.2, 0.25) is 0 Å². The Labute approximate surface area is 165 Å². The Morgan fingerprint density at radius 2 is 2.00 bits per heavy atom. The van der Waals surface area contributed by atoms with E-state index in [4.69, 9.17) is 4.74 Å². The molecule has 2 amide bonds. The van der Waals surface area contributed by atoms with E-state index in [0.29, 0.717) is 30.8 Å². The first-order valence-electron chi connectivity index (χ1n) is 9.87. The van der Waals surface area contributed by atoms with Crippen LogP contribution >= 0.6 is 0 Å². The van der Waals surface area contributed by atoms with Crippen LogP contribution in [-0.4, -0.2) is 62.5 Å². The van der Waals surface area contributed by atoms with Crippen molar-refractivity contribution in [3.63, 3.8) is 0 Å². The number of piperazine rings is 1. The summed E-state index contributed by atoms with van der Waals surface area (Å²) in [5.41, 5.74) is 2.02. The number of para-hydroxylation sites is 2. The number of carbonyl (C=O) groups is 2. The van der Waals surface area contributed by atoms with Crippen molar-refractivity contribution in [2.24, 2.45) is 0 Å². The standard InChI is InChI=1S/C20H28N4O4/c1-3-14-18(19(26)28-4-2)15(22-20(27)21-14)13-23-9-11-24(12-10-23)16-7-5-6-8-17(16)25/h5-8,14,25H,3-4,9-13H2,1-2H3,(H2,21,22,27)/p+1/t14-/m1/s1. The highest BCUT2D eigenvalue weighted by Gasteiger charge is 2.34. The molecule has 0 aromatic heterocycles. The van der Waals surface area contributed by atoms with Crippen molar-refractivity contribution < 1.29 is 24.3 Å². The molecule has 8 heteroatoms. The van der Waals surface area contributed by atoms with E-state index < -0.39 is 0 Å². The number of benzene rings is 1. The number of anilines is 1. The zero-order valence-corrected chi connectivity index (χ0v) is 16.5. The van der Waals surface area contributed by atoms with Crippen molar-refractivity contribution >= 4 is 17.7 Å². The first-order chi connectivity index (χ1) is 13.5. The van der Waals surface area contributed by atoms with Crippen LogP contribution in [0.1, 0.15) is 20.3 Å². The summed E-state index contributed by atoms with van der Waals surface area (Å²) in [6.07, 6.45) is 0.626. The van der Waals surface area contributed by atoms with Crippen LogP contribution in [0, 0.1) is 0 Å². The highest BCUT2D eigenvalue weighted by Crippen LogP contribution is 2.26. The molecule has 152 valence electrons. The van der Waals surface area contributed by atoms with Crippen LogP contribution in [0.5, 0.6) is 5.75 Å². The molecule has 3 rings (SSSR count). The minimum absolute atomic E-state index is 0.276. The number of quaternary nitrogens is 1. The average molecular weight is 389 g/mol. The molecule has 0 saturated carbocycles. The molecular weight excluding hydrogens is 360 g/mol. The molecule has 0 aliphatic carbocycles. The molecule has 1 atom stereocenters. The van der Waals surface area contributed by atoms with Gasteiger partial charge < -0.3 is 30.3 Å². The molecule has 0 bridgehead atoms. The van der Waals surface area contributed by atoms with Crippen molar-refractivity contribution in [1.29, 1.82) is 0 Å². The van der Waals surface area contributed by atoms with Crippen molar-refractivity contribution in [2.75, 3.05) is 44.2 Å². The van der Waals surface area contributed by atoms with Gasteiger partial charge in [0.15, 0.2) is 0 Å². The van der Waals surface area contributed by atoms with Crippen LogP contribution in [0.4, 0.5) is 10.5 Å². The van der Waals surface area contributed by atoms with E-state index in [9.17, 15) is 14.7 Å². The minimum atomic E-state index is -0.371. The predicted molar refractivity (Wildman–Crippen MR) is 105 cm³/mol. The molecule has 2 aliphatic heterocycles. The highest BCUT2D eigenvalue weighted by atomic mass is 16.5. The highest BCUT2D eigenvalue weighted by molar-refractivity contribution is 5.94. The Hall–Kier alpha value is -2.74. The topological polar surface area (TPSA) is 95.3 Å². The summed E-state index contributed by atoms with van der Waals surface area (Å²) in [6.45, 7) is 7.83. The summed E-state index contributed by atoms with van der Waals surface area (Å²) in [7, 11) is 0. The monoisotopic (exact) mass is 389 g/mol. The van der Waals surface area contributed by atoms with Crippen molar-refractivity contribution in [2.45, 2.75) is 26.3 Å². The third kappa shape index (κ3) is 4.39. The molecule has 8 nitrogen and oxygen atoms in total. The van der Waals surface area contributed by atoms with Crippen LogP contribution in [-0.2, 0) is 9.53 Å². The molecule has 28 heavy (non-hydrogen) atoms. The number of esters is 1. The summed E-state index contributed by atoms with van der Waals surface area (Å²) in [5, 5.41) is 15.7. The van der Waals surface area contributed by atoms with Gasteiger partial charge in [-0.25, -0.2) is 9.59 Å². The third-order valence-corrected chi connectivity index (χ3v) is 5.27. The summed E-state index contributed by atoms with van der Waals surface area (Å²) >= 11 is 0. The number of hydrogen-bond acceptors (Lipinski definition) is 5. The molecule has 2 heterocycles. The quantitative estimate of drug-likeness (QED) is 0.514. The van der Waals surface area contributed by atoms with E-state index in [2.05, 4.69) is 15.5 Å². The molecule has 2 aliphatic rings. The summed E-state index contributed by atoms with van der Waals surface area (Å²) < 4.78 is 5.22. The fourth-order valence-corrected chi connectivity index (χ4v) is 3.82. The molecule has 1 aromatic carbocycles. The number of rotatable bonds is 6. The second-order valence-electron chi connectivity index (χ2n) is 7.07. The van der Waals surface area contributed by atoms with Crippen LogP contribution in [0.25, 0.3) is 0 Å². The number of nitrogens with zero attached hydrogens (tertiary/aromatic N) is 1. The predicted octanol–water partition coefficient (Wildman–Crippen LogP) is 0.00570. The maximum absolute atomic E-state index is 12.5. The second kappa shape index (κ2) is 8.97. The lowest BCUT2D eigenvalue weighted by atomic mass is 10.00. The van der Waals surface area contributed by atoms with Gasteiger partial charge >= 0.3 is 12.0 Å². The molecule has 0 spiro atoms. The lowest BCUT2D eigenvalue weighted by Crippen LogP contribution is -3.15. The first-order valence-corrected chi connectivity index (χ1v) is 9.87. The number of carbonyl (C=O) groups excluding carboxylic acids is 2. The van der Waals surface area contributed by atoms with E-state index in [1.54, 1.807) is 13.0 Å². The van der Waals surface area contributed by atoms with Gasteiger partial charge in [0, 0.05) is 0 Å². The number of phenolic OH excluding ortho intramolecular Hbond substituents is 1. The second-order valence-corrected chi connectivity index (χ2v) is 7.07. The number of phenols is 1. The largest absolute Gasteiger partial charge is 0.506 e. The van der Waals surface area contributed by atoms with Crippen LogP contribution in [0.3, 0.4) is 0 Å². The average Bonchev–Trinajstić information content (AvgIpc) is 2.68. The van der Waals surface area contributed by atoms with E-state index in [1.807, 2.05) is 25.1 Å². The molecule has 1 aromatic rings. The molecule has 0 radical (unpaired) electrons. The smallest absolute Gasteiger partial charge is 0.338 e. The van der Waals surface area contributed by atoms with Crippen molar-refractivity contribution in [3.8, 4) is 5.75 Å². The van der Waals surface area contributed by atoms with Crippen LogP contribution in [0.15, 0.2) is 35.5 Å². The van der Waals surface area contributed by atoms with Crippen molar-refractivity contribution in [3.05, 3.63) is 35.5 Å². The molecular formula is C20H29N4O4+. The molecule has 1 fully saturated rings. The fraction of sp³-hybridized carbons (Fsp3) is 0.500. The van der Waals surface area contributed by atoms with E-state index in [-0.39, 0.29) is 23.8 Å². The third-order valence-electron chi connectivity index (χ3n) is 5.27. The molecule has 0 unspecified atom stereocenters. The lowest BCUT2D eigenvalue weighted by molar-refractivity contribution is -0.896. The van der Waals surface area contributed by atoms with Gasteiger partial charge in [-0.2, -0.15) is 0 Å².